The Bertz CT molecular complexity index is 296. The van der Waals surface area contributed by atoms with Crippen molar-refractivity contribution in [1.82, 2.24) is 0 Å². The summed E-state index contributed by atoms with van der Waals surface area (Å²) in [5.41, 5.74) is 8.57. The smallest absolute Gasteiger partial charge is 0.0390 e. The molecular weight excluding hydrogens is 146 g/mol. The third kappa shape index (κ3) is 2.27. The molecule has 2 N–H and O–H groups in total. The Morgan fingerprint density at radius 1 is 1.33 bits per heavy atom. The van der Waals surface area contributed by atoms with E-state index < -0.39 is 0 Å². The number of benzene rings is 1. The van der Waals surface area contributed by atoms with Gasteiger partial charge in [-0.25, -0.2) is 0 Å². The summed E-state index contributed by atoms with van der Waals surface area (Å²) in [5.74, 6) is 0. The molecule has 0 heterocycles. The summed E-state index contributed by atoms with van der Waals surface area (Å²) in [6.45, 7) is 5.69. The molecule has 0 saturated carbocycles. The van der Waals surface area contributed by atoms with Crippen LogP contribution in [0.5, 0.6) is 0 Å². The van der Waals surface area contributed by atoms with Gasteiger partial charge in [0.1, 0.15) is 0 Å². The lowest BCUT2D eigenvalue weighted by molar-refractivity contribution is 1.47. The first-order chi connectivity index (χ1) is 5.70. The second-order valence-corrected chi connectivity index (χ2v) is 2.81. The van der Waals surface area contributed by atoms with E-state index in [0.717, 1.165) is 16.8 Å². The second kappa shape index (κ2) is 3.77. The molecule has 0 radical (unpaired) electrons. The van der Waals surface area contributed by atoms with Crippen LogP contribution in [-0.4, -0.2) is 0 Å². The molecule has 1 aromatic carbocycles. The van der Waals surface area contributed by atoms with Crippen molar-refractivity contribution in [1.29, 1.82) is 0 Å². The minimum absolute atomic E-state index is 0.767. The number of allylic oxidation sites excluding steroid dienone is 2. The van der Waals surface area contributed by atoms with Gasteiger partial charge in [0.2, 0.25) is 0 Å². The molecule has 0 atom stereocenters. The fourth-order valence-electron chi connectivity index (χ4n) is 0.979. The molecule has 62 valence electrons. The SMILES string of the molecule is C=C(C)C=C(N)c1ccccc1. The van der Waals surface area contributed by atoms with Crippen LogP contribution >= 0.6 is 0 Å². The van der Waals surface area contributed by atoms with Crippen LogP contribution in [0.1, 0.15) is 12.5 Å². The Hall–Kier alpha value is -1.50. The van der Waals surface area contributed by atoms with E-state index in [-0.39, 0.29) is 0 Å². The van der Waals surface area contributed by atoms with Gasteiger partial charge < -0.3 is 5.73 Å². The van der Waals surface area contributed by atoms with Gasteiger partial charge >= 0.3 is 0 Å². The Labute approximate surface area is 73.2 Å². The van der Waals surface area contributed by atoms with Crippen molar-refractivity contribution in [3.8, 4) is 0 Å². The lowest BCUT2D eigenvalue weighted by Crippen LogP contribution is -1.95. The average molecular weight is 159 g/mol. The van der Waals surface area contributed by atoms with Gasteiger partial charge in [-0.3, -0.25) is 0 Å². The first-order valence-electron chi connectivity index (χ1n) is 3.88. The van der Waals surface area contributed by atoms with Crippen molar-refractivity contribution < 1.29 is 0 Å². The van der Waals surface area contributed by atoms with E-state index in [2.05, 4.69) is 6.58 Å². The van der Waals surface area contributed by atoms with Crippen LogP contribution in [0.2, 0.25) is 0 Å². The Balaban J connectivity index is 2.93. The second-order valence-electron chi connectivity index (χ2n) is 2.81. The van der Waals surface area contributed by atoms with Crippen molar-refractivity contribution in [2.45, 2.75) is 6.92 Å². The predicted molar refractivity (Wildman–Crippen MR) is 53.4 cm³/mol. The molecule has 0 saturated heterocycles. The normalized spacial score (nSPS) is 11.2. The monoisotopic (exact) mass is 159 g/mol. The van der Waals surface area contributed by atoms with E-state index in [9.17, 15) is 0 Å². The van der Waals surface area contributed by atoms with Crippen LogP contribution in [0.25, 0.3) is 5.70 Å². The van der Waals surface area contributed by atoms with Crippen molar-refractivity contribution in [3.63, 3.8) is 0 Å². The topological polar surface area (TPSA) is 26.0 Å². The van der Waals surface area contributed by atoms with Crippen molar-refractivity contribution in [3.05, 3.63) is 54.1 Å². The van der Waals surface area contributed by atoms with Crippen molar-refractivity contribution in [2.24, 2.45) is 5.73 Å². The fraction of sp³-hybridized carbons (Fsp3) is 0.0909. The molecule has 0 aromatic heterocycles. The zero-order chi connectivity index (χ0) is 8.97. The first-order valence-corrected chi connectivity index (χ1v) is 3.88. The van der Waals surface area contributed by atoms with Crippen LogP contribution in [-0.2, 0) is 0 Å². The average Bonchev–Trinajstić information content (AvgIpc) is 2.05. The van der Waals surface area contributed by atoms with E-state index in [4.69, 9.17) is 5.73 Å². The zero-order valence-electron chi connectivity index (χ0n) is 7.25. The summed E-state index contributed by atoms with van der Waals surface area (Å²) in [7, 11) is 0. The number of rotatable bonds is 2. The van der Waals surface area contributed by atoms with Gasteiger partial charge in [-0.15, -0.1) is 0 Å². The molecule has 0 aliphatic carbocycles. The van der Waals surface area contributed by atoms with Crippen LogP contribution in [0.3, 0.4) is 0 Å². The van der Waals surface area contributed by atoms with Crippen LogP contribution < -0.4 is 5.73 Å². The first kappa shape index (κ1) is 8.60. The molecule has 12 heavy (non-hydrogen) atoms. The predicted octanol–water partition coefficient (Wildman–Crippen LogP) is 2.56. The van der Waals surface area contributed by atoms with Crippen molar-refractivity contribution in [2.75, 3.05) is 0 Å². The third-order valence-corrected chi connectivity index (χ3v) is 1.51. The highest BCUT2D eigenvalue weighted by Crippen LogP contribution is 2.09. The minimum Gasteiger partial charge on any atom is -0.398 e. The van der Waals surface area contributed by atoms with Gasteiger partial charge in [0.25, 0.3) is 0 Å². The molecule has 1 heteroatoms. The molecule has 0 amide bonds. The summed E-state index contributed by atoms with van der Waals surface area (Å²) in [5, 5.41) is 0. The molecule has 0 unspecified atom stereocenters. The highest BCUT2D eigenvalue weighted by molar-refractivity contribution is 5.64. The van der Waals surface area contributed by atoms with E-state index in [1.165, 1.54) is 0 Å². The van der Waals surface area contributed by atoms with Crippen LogP contribution in [0.15, 0.2) is 48.6 Å². The lowest BCUT2D eigenvalue weighted by Gasteiger charge is -1.99. The van der Waals surface area contributed by atoms with Gasteiger partial charge in [-0.2, -0.15) is 0 Å². The summed E-state index contributed by atoms with van der Waals surface area (Å²) < 4.78 is 0. The van der Waals surface area contributed by atoms with Crippen LogP contribution in [0.4, 0.5) is 0 Å². The van der Waals surface area contributed by atoms with Gasteiger partial charge in [-0.05, 0) is 18.6 Å². The molecule has 1 rings (SSSR count). The lowest BCUT2D eigenvalue weighted by atomic mass is 10.1. The summed E-state index contributed by atoms with van der Waals surface area (Å²) in [6.07, 6.45) is 1.87. The highest BCUT2D eigenvalue weighted by Gasteiger charge is 1.92. The van der Waals surface area contributed by atoms with Gasteiger partial charge in [0.15, 0.2) is 0 Å². The van der Waals surface area contributed by atoms with Crippen LogP contribution in [0, 0.1) is 0 Å². The quantitative estimate of drug-likeness (QED) is 0.659. The standard InChI is InChI=1S/C11H13N/c1-9(2)8-11(12)10-6-4-3-5-7-10/h3-8H,1,12H2,2H3. The van der Waals surface area contributed by atoms with E-state index in [1.807, 2.05) is 43.3 Å². The summed E-state index contributed by atoms with van der Waals surface area (Å²) >= 11 is 0. The molecule has 0 bridgehead atoms. The molecule has 1 aromatic rings. The third-order valence-electron chi connectivity index (χ3n) is 1.51. The number of hydrogen-bond acceptors (Lipinski definition) is 1. The maximum atomic E-state index is 5.80. The van der Waals surface area contributed by atoms with E-state index in [1.54, 1.807) is 0 Å². The molecule has 0 spiro atoms. The fourth-order valence-corrected chi connectivity index (χ4v) is 0.979. The zero-order valence-corrected chi connectivity index (χ0v) is 7.25. The Morgan fingerprint density at radius 2 is 1.92 bits per heavy atom. The minimum atomic E-state index is 0.767. The number of hydrogen-bond donors (Lipinski definition) is 1. The van der Waals surface area contributed by atoms with E-state index >= 15 is 0 Å². The molecular formula is C11H13N. The van der Waals surface area contributed by atoms with E-state index in [0.29, 0.717) is 0 Å². The van der Waals surface area contributed by atoms with Gasteiger partial charge in [-0.1, -0.05) is 42.5 Å². The largest absolute Gasteiger partial charge is 0.398 e. The summed E-state index contributed by atoms with van der Waals surface area (Å²) in [6, 6.07) is 9.87. The maximum absolute atomic E-state index is 5.80. The van der Waals surface area contributed by atoms with Gasteiger partial charge in [0, 0.05) is 5.70 Å². The Kier molecular flexibility index (Phi) is 2.70. The molecule has 0 aliphatic rings. The van der Waals surface area contributed by atoms with Gasteiger partial charge in [0.05, 0.1) is 0 Å². The summed E-state index contributed by atoms with van der Waals surface area (Å²) in [4.78, 5) is 0. The van der Waals surface area contributed by atoms with Crippen molar-refractivity contribution >= 4 is 5.70 Å². The Morgan fingerprint density at radius 3 is 2.42 bits per heavy atom. The maximum Gasteiger partial charge on any atom is 0.0390 e. The molecule has 1 nitrogen and oxygen atoms in total. The highest BCUT2D eigenvalue weighted by atomic mass is 14.6. The molecule has 0 fully saturated rings. The number of nitrogens with two attached hydrogens (primary N) is 1. The molecule has 0 aliphatic heterocycles.